The Hall–Kier alpha value is -3.02. The number of hydrogen-bond donors (Lipinski definition) is 3. The molecule has 0 unspecified atom stereocenters. The number of benzene rings is 1. The molecule has 0 fully saturated rings. The molecule has 5 N–H and O–H groups in total. The number of anilines is 2. The summed E-state index contributed by atoms with van der Waals surface area (Å²) in [4.78, 5) is 16.1. The van der Waals surface area contributed by atoms with E-state index in [0.717, 1.165) is 29.6 Å². The van der Waals surface area contributed by atoms with Crippen molar-refractivity contribution in [3.05, 3.63) is 58.3 Å². The summed E-state index contributed by atoms with van der Waals surface area (Å²) in [5.41, 5.74) is 15.2. The fourth-order valence-electron chi connectivity index (χ4n) is 2.66. The Kier molecular flexibility index (Phi) is 3.65. The third kappa shape index (κ3) is 2.70. The van der Waals surface area contributed by atoms with Crippen molar-refractivity contribution in [2.75, 3.05) is 11.5 Å². The first-order valence-electron chi connectivity index (χ1n) is 7.29. The van der Waals surface area contributed by atoms with Gasteiger partial charge in [-0.1, -0.05) is 12.1 Å². The quantitative estimate of drug-likeness (QED) is 0.734. The van der Waals surface area contributed by atoms with Crippen LogP contribution in [0.25, 0.3) is 11.1 Å². The highest BCUT2D eigenvalue weighted by Gasteiger charge is 2.15. The lowest BCUT2D eigenvalue weighted by Crippen LogP contribution is -2.21. The molecule has 0 saturated carbocycles. The van der Waals surface area contributed by atoms with Crippen LogP contribution in [0, 0.1) is 0 Å². The standard InChI is InChI=1S/C17H18N4O2/c1-21-16(20-9-15(22)17(21)23)12-4-2-3-10(7-12)11-5-6-13(18)14(19)8-11/h3,5-9,22H,2,4,18-19H2,1H3. The Balaban J connectivity index is 2.04. The van der Waals surface area contributed by atoms with Crippen molar-refractivity contribution in [3.8, 4) is 5.75 Å². The molecule has 0 aliphatic heterocycles. The molecular weight excluding hydrogens is 292 g/mol. The van der Waals surface area contributed by atoms with E-state index in [9.17, 15) is 9.90 Å². The molecule has 6 heteroatoms. The van der Waals surface area contributed by atoms with Crippen LogP contribution < -0.4 is 17.0 Å². The molecule has 1 aliphatic rings. The molecule has 2 aromatic rings. The zero-order valence-corrected chi connectivity index (χ0v) is 12.8. The summed E-state index contributed by atoms with van der Waals surface area (Å²) in [7, 11) is 1.60. The number of nitrogens with two attached hydrogens (primary N) is 2. The SMILES string of the molecule is Cn1c(C2=CC(c3ccc(N)c(N)c3)=CCC2)ncc(O)c1=O. The smallest absolute Gasteiger partial charge is 0.295 e. The van der Waals surface area contributed by atoms with Gasteiger partial charge in [-0.25, -0.2) is 4.98 Å². The van der Waals surface area contributed by atoms with Gasteiger partial charge in [0.25, 0.3) is 5.56 Å². The monoisotopic (exact) mass is 310 g/mol. The van der Waals surface area contributed by atoms with Crippen molar-refractivity contribution in [1.29, 1.82) is 0 Å². The van der Waals surface area contributed by atoms with E-state index in [0.29, 0.717) is 17.2 Å². The van der Waals surface area contributed by atoms with Crippen LogP contribution in [0.15, 0.2) is 41.3 Å². The minimum atomic E-state index is -0.455. The normalized spacial score (nSPS) is 14.3. The molecule has 118 valence electrons. The highest BCUT2D eigenvalue weighted by Crippen LogP contribution is 2.31. The number of aromatic hydroxyl groups is 1. The van der Waals surface area contributed by atoms with Gasteiger partial charge in [-0.05, 0) is 47.8 Å². The lowest BCUT2D eigenvalue weighted by Gasteiger charge is -2.16. The van der Waals surface area contributed by atoms with E-state index in [1.165, 1.54) is 10.8 Å². The van der Waals surface area contributed by atoms with E-state index < -0.39 is 5.56 Å². The average Bonchev–Trinajstić information content (AvgIpc) is 2.55. The van der Waals surface area contributed by atoms with Crippen molar-refractivity contribution >= 4 is 22.5 Å². The van der Waals surface area contributed by atoms with Crippen LogP contribution in [0.1, 0.15) is 24.2 Å². The summed E-state index contributed by atoms with van der Waals surface area (Å²) in [5.74, 6) is 0.205. The fraction of sp³-hybridized carbons (Fsp3) is 0.176. The number of hydrogen-bond acceptors (Lipinski definition) is 5. The van der Waals surface area contributed by atoms with Gasteiger partial charge in [0.15, 0.2) is 5.75 Å². The lowest BCUT2D eigenvalue weighted by molar-refractivity contribution is 0.456. The van der Waals surface area contributed by atoms with E-state index in [-0.39, 0.29) is 5.75 Å². The highest BCUT2D eigenvalue weighted by molar-refractivity contribution is 5.86. The predicted molar refractivity (Wildman–Crippen MR) is 91.6 cm³/mol. The first-order valence-corrected chi connectivity index (χ1v) is 7.29. The molecule has 0 spiro atoms. The third-order valence-corrected chi connectivity index (χ3v) is 3.97. The second kappa shape index (κ2) is 5.64. The maximum absolute atomic E-state index is 11.9. The average molecular weight is 310 g/mol. The minimum Gasteiger partial charge on any atom is -0.502 e. The van der Waals surface area contributed by atoms with Crippen LogP contribution in [-0.2, 0) is 7.05 Å². The van der Waals surface area contributed by atoms with E-state index in [2.05, 4.69) is 11.1 Å². The molecule has 1 heterocycles. The predicted octanol–water partition coefficient (Wildman–Crippen LogP) is 1.91. The summed E-state index contributed by atoms with van der Waals surface area (Å²) in [6.07, 6.45) is 6.92. The Bertz CT molecular complexity index is 894. The number of rotatable bonds is 2. The van der Waals surface area contributed by atoms with Crippen LogP contribution in [0.3, 0.4) is 0 Å². The van der Waals surface area contributed by atoms with Crippen molar-refractivity contribution in [3.63, 3.8) is 0 Å². The summed E-state index contributed by atoms with van der Waals surface area (Å²) < 4.78 is 1.36. The van der Waals surface area contributed by atoms with Gasteiger partial charge >= 0.3 is 0 Å². The van der Waals surface area contributed by atoms with Gasteiger partial charge in [-0.3, -0.25) is 9.36 Å². The zero-order chi connectivity index (χ0) is 16.6. The molecule has 0 bridgehead atoms. The number of nitrogens with zero attached hydrogens (tertiary/aromatic N) is 2. The fourth-order valence-corrected chi connectivity index (χ4v) is 2.66. The molecule has 0 amide bonds. The van der Waals surface area contributed by atoms with E-state index in [4.69, 9.17) is 11.5 Å². The molecule has 0 radical (unpaired) electrons. The molecule has 1 aliphatic carbocycles. The summed E-state index contributed by atoms with van der Waals surface area (Å²) in [5, 5.41) is 9.46. The van der Waals surface area contributed by atoms with Crippen molar-refractivity contribution in [1.82, 2.24) is 9.55 Å². The van der Waals surface area contributed by atoms with Gasteiger partial charge in [-0.15, -0.1) is 0 Å². The van der Waals surface area contributed by atoms with Gasteiger partial charge in [0.05, 0.1) is 17.6 Å². The van der Waals surface area contributed by atoms with Crippen molar-refractivity contribution in [2.45, 2.75) is 12.8 Å². The molecular formula is C17H18N4O2. The first kappa shape index (κ1) is 14.9. The maximum atomic E-state index is 11.9. The molecule has 23 heavy (non-hydrogen) atoms. The molecule has 1 aromatic heterocycles. The Morgan fingerprint density at radius 2 is 2.04 bits per heavy atom. The van der Waals surface area contributed by atoms with Crippen LogP contribution >= 0.6 is 0 Å². The number of nitrogen functional groups attached to an aromatic ring is 2. The number of allylic oxidation sites excluding steroid dienone is 4. The molecule has 0 saturated heterocycles. The Morgan fingerprint density at radius 1 is 1.26 bits per heavy atom. The van der Waals surface area contributed by atoms with Gasteiger partial charge in [0.2, 0.25) is 0 Å². The highest BCUT2D eigenvalue weighted by atomic mass is 16.3. The number of aromatic nitrogens is 2. The lowest BCUT2D eigenvalue weighted by atomic mass is 9.93. The Labute approximate surface area is 133 Å². The van der Waals surface area contributed by atoms with Crippen LogP contribution in [0.5, 0.6) is 5.75 Å². The van der Waals surface area contributed by atoms with Crippen LogP contribution in [0.4, 0.5) is 11.4 Å². The zero-order valence-electron chi connectivity index (χ0n) is 12.8. The van der Waals surface area contributed by atoms with Gasteiger partial charge in [0.1, 0.15) is 5.82 Å². The van der Waals surface area contributed by atoms with Crippen LogP contribution in [-0.4, -0.2) is 14.7 Å². The molecule has 6 nitrogen and oxygen atoms in total. The first-order chi connectivity index (χ1) is 11.0. The molecule has 0 atom stereocenters. The third-order valence-electron chi connectivity index (χ3n) is 3.97. The molecule has 3 rings (SSSR count). The largest absolute Gasteiger partial charge is 0.502 e. The van der Waals surface area contributed by atoms with Crippen LogP contribution in [0.2, 0.25) is 0 Å². The maximum Gasteiger partial charge on any atom is 0.295 e. The minimum absolute atomic E-state index is 0.352. The summed E-state index contributed by atoms with van der Waals surface area (Å²) in [6, 6.07) is 5.53. The van der Waals surface area contributed by atoms with Gasteiger partial charge in [0, 0.05) is 7.05 Å². The molecule has 1 aromatic carbocycles. The topological polar surface area (TPSA) is 107 Å². The summed E-state index contributed by atoms with van der Waals surface area (Å²) >= 11 is 0. The second-order valence-electron chi connectivity index (χ2n) is 5.54. The van der Waals surface area contributed by atoms with E-state index in [1.54, 1.807) is 13.1 Å². The van der Waals surface area contributed by atoms with E-state index >= 15 is 0 Å². The summed E-state index contributed by atoms with van der Waals surface area (Å²) in [6.45, 7) is 0. The van der Waals surface area contributed by atoms with Gasteiger partial charge in [-0.2, -0.15) is 0 Å². The Morgan fingerprint density at radius 3 is 2.78 bits per heavy atom. The second-order valence-corrected chi connectivity index (χ2v) is 5.54. The van der Waals surface area contributed by atoms with Crippen molar-refractivity contribution < 1.29 is 5.11 Å². The van der Waals surface area contributed by atoms with E-state index in [1.807, 2.05) is 18.2 Å². The van der Waals surface area contributed by atoms with Gasteiger partial charge < -0.3 is 16.6 Å². The van der Waals surface area contributed by atoms with Crippen molar-refractivity contribution in [2.24, 2.45) is 7.05 Å².